The molecule has 2 aliphatic rings. The molecule has 1 aliphatic carbocycles. The van der Waals surface area contributed by atoms with Gasteiger partial charge in [0, 0.05) is 49.7 Å². The lowest BCUT2D eigenvalue weighted by atomic mass is 9.92. The second-order valence-electron chi connectivity index (χ2n) is 11.0. The maximum Gasteiger partial charge on any atom is 0.423 e. The van der Waals surface area contributed by atoms with Crippen LogP contribution in [0.2, 0.25) is 0 Å². The van der Waals surface area contributed by atoms with Crippen LogP contribution in [0.25, 0.3) is 10.8 Å². The molecule has 1 N–H and O–H groups in total. The smallest absolute Gasteiger partial charge is 0.382 e. The molecule has 0 spiro atoms. The van der Waals surface area contributed by atoms with Gasteiger partial charge in [0.25, 0.3) is 5.69 Å². The summed E-state index contributed by atoms with van der Waals surface area (Å²) in [5, 5.41) is 15.2. The molecule has 8 nitrogen and oxygen atoms in total. The lowest BCUT2D eigenvalue weighted by Crippen LogP contribution is -2.50. The van der Waals surface area contributed by atoms with E-state index in [4.69, 9.17) is 4.74 Å². The average molecular weight is 625 g/mol. The number of rotatable bonds is 7. The fraction of sp³-hybridized carbons (Fsp3) is 0.433. The molecule has 0 atom stereocenters. The molecule has 0 radical (unpaired) electrons. The SMILES string of the molecule is O=C(CO[C@H]1CC[C@H](Nc2ccc([N+](=O)[O-])c(C(F)(F)F)c2)CC1)N1CCN(c2ccc3cc(C(F)(F)F)ccc3c2)CC1. The number of anilines is 2. The summed E-state index contributed by atoms with van der Waals surface area (Å²) in [6.45, 7) is 1.98. The number of piperazine rings is 1. The lowest BCUT2D eigenvalue weighted by molar-refractivity contribution is -0.388. The molecule has 1 heterocycles. The van der Waals surface area contributed by atoms with Gasteiger partial charge in [0.1, 0.15) is 12.2 Å². The van der Waals surface area contributed by atoms with Gasteiger partial charge in [-0.1, -0.05) is 12.1 Å². The number of hydrogen-bond acceptors (Lipinski definition) is 6. The van der Waals surface area contributed by atoms with Crippen molar-refractivity contribution in [2.24, 2.45) is 0 Å². The largest absolute Gasteiger partial charge is 0.423 e. The van der Waals surface area contributed by atoms with Crippen molar-refractivity contribution in [1.29, 1.82) is 0 Å². The van der Waals surface area contributed by atoms with Crippen LogP contribution in [0.1, 0.15) is 36.8 Å². The number of benzene rings is 3. The third-order valence-corrected chi connectivity index (χ3v) is 8.13. The van der Waals surface area contributed by atoms with Gasteiger partial charge < -0.3 is 19.9 Å². The Balaban J connectivity index is 1.06. The molecule has 1 amide bonds. The van der Waals surface area contributed by atoms with Gasteiger partial charge in [-0.2, -0.15) is 26.3 Å². The van der Waals surface area contributed by atoms with Gasteiger partial charge in [0.15, 0.2) is 0 Å². The van der Waals surface area contributed by atoms with Crippen molar-refractivity contribution >= 4 is 33.7 Å². The maximum atomic E-state index is 13.3. The molecular weight excluding hydrogens is 594 g/mol. The quantitative estimate of drug-likeness (QED) is 0.175. The Morgan fingerprint density at radius 3 is 2.16 bits per heavy atom. The zero-order chi connectivity index (χ0) is 31.6. The number of hydrogen-bond donors (Lipinski definition) is 1. The normalized spacial score (nSPS) is 19.7. The van der Waals surface area contributed by atoms with E-state index in [0.717, 1.165) is 30.0 Å². The molecule has 14 heteroatoms. The summed E-state index contributed by atoms with van der Waals surface area (Å²) in [5.41, 5.74) is -1.97. The number of alkyl halides is 6. The van der Waals surface area contributed by atoms with Crippen molar-refractivity contribution in [1.82, 2.24) is 4.90 Å². The third-order valence-electron chi connectivity index (χ3n) is 8.13. The van der Waals surface area contributed by atoms with Crippen molar-refractivity contribution < 1.29 is 40.8 Å². The maximum absolute atomic E-state index is 13.3. The molecule has 2 fully saturated rings. The summed E-state index contributed by atoms with van der Waals surface area (Å²) >= 11 is 0. The third kappa shape index (κ3) is 7.34. The number of nitrogens with zero attached hydrogens (tertiary/aromatic N) is 3. The fourth-order valence-electron chi connectivity index (χ4n) is 5.72. The molecule has 3 aromatic carbocycles. The van der Waals surface area contributed by atoms with Crippen molar-refractivity contribution in [3.63, 3.8) is 0 Å². The van der Waals surface area contributed by atoms with Crippen LogP contribution in [-0.4, -0.2) is 60.7 Å². The first-order valence-corrected chi connectivity index (χ1v) is 14.2. The molecule has 1 saturated carbocycles. The second-order valence-corrected chi connectivity index (χ2v) is 11.0. The van der Waals surface area contributed by atoms with Crippen LogP contribution in [0, 0.1) is 10.1 Å². The Hall–Kier alpha value is -4.07. The van der Waals surface area contributed by atoms with Crippen molar-refractivity contribution in [2.75, 3.05) is 43.0 Å². The number of ether oxygens (including phenoxy) is 1. The summed E-state index contributed by atoms with van der Waals surface area (Å²) in [4.78, 5) is 26.5. The zero-order valence-electron chi connectivity index (χ0n) is 23.5. The Morgan fingerprint density at radius 2 is 1.52 bits per heavy atom. The number of carbonyl (C=O) groups is 1. The van der Waals surface area contributed by atoms with E-state index in [2.05, 4.69) is 10.2 Å². The molecule has 1 saturated heterocycles. The highest BCUT2D eigenvalue weighted by molar-refractivity contribution is 5.86. The van der Waals surface area contributed by atoms with E-state index >= 15 is 0 Å². The monoisotopic (exact) mass is 624 g/mol. The second kappa shape index (κ2) is 12.5. The minimum atomic E-state index is -4.85. The van der Waals surface area contributed by atoms with E-state index < -0.39 is 34.1 Å². The first kappa shape index (κ1) is 31.4. The number of amides is 1. The van der Waals surface area contributed by atoms with Crippen LogP contribution in [0.15, 0.2) is 54.6 Å². The van der Waals surface area contributed by atoms with Crippen LogP contribution in [0.4, 0.5) is 43.4 Å². The van der Waals surface area contributed by atoms with E-state index in [-0.39, 0.29) is 30.3 Å². The summed E-state index contributed by atoms with van der Waals surface area (Å²) in [5.74, 6) is -0.145. The van der Waals surface area contributed by atoms with Crippen LogP contribution >= 0.6 is 0 Å². The fourth-order valence-corrected chi connectivity index (χ4v) is 5.72. The van der Waals surface area contributed by atoms with E-state index in [1.54, 1.807) is 17.0 Å². The van der Waals surface area contributed by atoms with E-state index in [0.29, 0.717) is 62.6 Å². The molecule has 0 bridgehead atoms. The first-order valence-electron chi connectivity index (χ1n) is 14.2. The number of nitrogens with one attached hydrogen (secondary N) is 1. The van der Waals surface area contributed by atoms with Crippen molar-refractivity contribution in [3.8, 4) is 0 Å². The van der Waals surface area contributed by atoms with Gasteiger partial charge >= 0.3 is 12.4 Å². The number of nitro groups is 1. The van der Waals surface area contributed by atoms with Crippen LogP contribution in [0.5, 0.6) is 0 Å². The molecule has 3 aromatic rings. The summed E-state index contributed by atoms with van der Waals surface area (Å²) in [6, 6.07) is 11.7. The Kier molecular flexibility index (Phi) is 8.91. The minimum absolute atomic E-state index is 0.0857. The molecule has 1 aliphatic heterocycles. The van der Waals surface area contributed by atoms with Gasteiger partial charge in [-0.15, -0.1) is 0 Å². The van der Waals surface area contributed by atoms with Crippen LogP contribution in [0.3, 0.4) is 0 Å². The van der Waals surface area contributed by atoms with Crippen molar-refractivity contribution in [2.45, 2.75) is 50.2 Å². The van der Waals surface area contributed by atoms with Gasteiger partial charge in [-0.3, -0.25) is 14.9 Å². The summed E-state index contributed by atoms with van der Waals surface area (Å²) in [6.07, 6.45) is -7.03. The Labute approximate surface area is 248 Å². The van der Waals surface area contributed by atoms with Crippen LogP contribution in [-0.2, 0) is 21.9 Å². The zero-order valence-corrected chi connectivity index (χ0v) is 23.5. The predicted octanol–water partition coefficient (Wildman–Crippen LogP) is 6.87. The highest BCUT2D eigenvalue weighted by atomic mass is 19.4. The number of fused-ring (bicyclic) bond motifs is 1. The molecule has 5 rings (SSSR count). The molecule has 0 unspecified atom stereocenters. The average Bonchev–Trinajstić information content (AvgIpc) is 2.99. The van der Waals surface area contributed by atoms with Gasteiger partial charge in [-0.05, 0) is 72.9 Å². The molecular formula is C30H30F6N4O4. The van der Waals surface area contributed by atoms with Gasteiger partial charge in [-0.25, -0.2) is 0 Å². The van der Waals surface area contributed by atoms with E-state index in [9.17, 15) is 41.3 Å². The highest BCUT2D eigenvalue weighted by Crippen LogP contribution is 2.38. The van der Waals surface area contributed by atoms with Gasteiger partial charge in [0.2, 0.25) is 5.91 Å². The number of halogens is 6. The molecule has 236 valence electrons. The Bertz CT molecular complexity index is 1510. The standard InChI is InChI=1S/C30H30F6N4O4/c31-29(32,33)21-3-1-20-16-24(7-2-19(20)15-21)38-11-13-39(14-12-38)28(41)18-44-25-8-4-22(5-9-25)37-23-6-10-27(40(42)43)26(17-23)30(34,35)36/h1-3,6-7,10,15-17,22,25,37H,4-5,8-9,11-14,18H2/t22-,25-. The summed E-state index contributed by atoms with van der Waals surface area (Å²) < 4.78 is 84.7. The van der Waals surface area contributed by atoms with E-state index in [1.165, 1.54) is 12.1 Å². The molecule has 44 heavy (non-hydrogen) atoms. The van der Waals surface area contributed by atoms with Crippen LogP contribution < -0.4 is 10.2 Å². The topological polar surface area (TPSA) is 87.9 Å². The van der Waals surface area contributed by atoms with Gasteiger partial charge in [0.05, 0.1) is 16.6 Å². The minimum Gasteiger partial charge on any atom is -0.382 e. The lowest BCUT2D eigenvalue weighted by Gasteiger charge is -2.36. The number of nitro benzene ring substituents is 1. The summed E-state index contributed by atoms with van der Waals surface area (Å²) in [7, 11) is 0. The highest BCUT2D eigenvalue weighted by Gasteiger charge is 2.38. The Morgan fingerprint density at radius 1 is 0.864 bits per heavy atom. The first-order chi connectivity index (χ1) is 20.8. The molecule has 0 aromatic heterocycles. The number of carbonyl (C=O) groups excluding carboxylic acids is 1. The van der Waals surface area contributed by atoms with E-state index in [1.807, 2.05) is 6.07 Å². The van der Waals surface area contributed by atoms with Crippen molar-refractivity contribution in [3.05, 3.63) is 75.8 Å². The predicted molar refractivity (Wildman–Crippen MR) is 151 cm³/mol.